The highest BCUT2D eigenvalue weighted by atomic mass is 31.1. The predicted molar refractivity (Wildman–Crippen MR) is 122 cm³/mol. The summed E-state index contributed by atoms with van der Waals surface area (Å²) in [6.45, 7) is 4.50. The van der Waals surface area contributed by atoms with Crippen LogP contribution in [-0.4, -0.2) is 10.6 Å². The molecular formula is C24H50O2P+. The van der Waals surface area contributed by atoms with E-state index in [1.165, 1.54) is 109 Å². The first-order valence-corrected chi connectivity index (χ1v) is 13.7. The lowest BCUT2D eigenvalue weighted by Crippen LogP contribution is -2.02. The molecule has 3 heteroatoms. The molecule has 0 aromatic carbocycles. The zero-order chi connectivity index (χ0) is 20.0. The molecule has 0 fully saturated rings. The average Bonchev–Trinajstić information content (AvgIpc) is 2.66. The Hall–Kier alpha value is 0.0600. The Bertz CT molecular complexity index is 307. The van der Waals surface area contributed by atoms with Crippen LogP contribution in [0.3, 0.4) is 0 Å². The summed E-state index contributed by atoms with van der Waals surface area (Å²) in [6, 6.07) is 0. The van der Waals surface area contributed by atoms with Gasteiger partial charge >= 0.3 is 8.03 Å². The van der Waals surface area contributed by atoms with Gasteiger partial charge in [0.2, 0.25) is 0 Å². The first kappa shape index (κ1) is 27.1. The van der Waals surface area contributed by atoms with Crippen LogP contribution in [0, 0.1) is 0 Å². The topological polar surface area (TPSA) is 37.3 Å². The lowest BCUT2D eigenvalue weighted by Gasteiger charge is -2.06. The zero-order valence-corrected chi connectivity index (χ0v) is 19.6. The van der Waals surface area contributed by atoms with Gasteiger partial charge in [0.15, 0.2) is 5.66 Å². The van der Waals surface area contributed by atoms with Crippen LogP contribution in [0.2, 0.25) is 0 Å². The summed E-state index contributed by atoms with van der Waals surface area (Å²) in [6.07, 6.45) is 27.3. The van der Waals surface area contributed by atoms with E-state index in [-0.39, 0.29) is 5.66 Å². The van der Waals surface area contributed by atoms with E-state index in [9.17, 15) is 9.46 Å². The van der Waals surface area contributed by atoms with E-state index in [2.05, 4.69) is 13.8 Å². The van der Waals surface area contributed by atoms with Crippen LogP contribution in [0.4, 0.5) is 0 Å². The van der Waals surface area contributed by atoms with Gasteiger partial charge in [0.1, 0.15) is 0 Å². The molecular weight excluding hydrogens is 351 g/mol. The van der Waals surface area contributed by atoms with Crippen LogP contribution in [0.15, 0.2) is 0 Å². The quantitative estimate of drug-likeness (QED) is 0.145. The van der Waals surface area contributed by atoms with Crippen molar-refractivity contribution in [2.75, 3.05) is 0 Å². The summed E-state index contributed by atoms with van der Waals surface area (Å²) >= 11 is 0. The van der Waals surface area contributed by atoms with Gasteiger partial charge in [-0.2, -0.15) is 4.89 Å². The van der Waals surface area contributed by atoms with E-state index >= 15 is 0 Å². The maximum atomic E-state index is 11.5. The van der Waals surface area contributed by atoms with Gasteiger partial charge < -0.3 is 0 Å². The molecule has 2 atom stereocenters. The largest absolute Gasteiger partial charge is 0.508 e. The van der Waals surface area contributed by atoms with Crippen molar-refractivity contribution < 1.29 is 9.46 Å². The minimum absolute atomic E-state index is 0.0546. The summed E-state index contributed by atoms with van der Waals surface area (Å²) in [5, 5.41) is 0. The normalized spacial score (nSPS) is 13.1. The molecule has 0 aliphatic carbocycles. The lowest BCUT2D eigenvalue weighted by molar-refractivity contribution is 0.461. The second-order valence-corrected chi connectivity index (χ2v) is 9.88. The zero-order valence-electron chi connectivity index (χ0n) is 18.7. The molecule has 0 aliphatic heterocycles. The molecule has 1 N–H and O–H groups in total. The van der Waals surface area contributed by atoms with Crippen molar-refractivity contribution in [1.82, 2.24) is 0 Å². The molecule has 0 heterocycles. The first-order valence-electron chi connectivity index (χ1n) is 12.4. The second kappa shape index (κ2) is 22.4. The van der Waals surface area contributed by atoms with E-state index < -0.39 is 8.03 Å². The number of hydrogen-bond acceptors (Lipinski definition) is 1. The van der Waals surface area contributed by atoms with Gasteiger partial charge in [0.25, 0.3) is 0 Å². The molecule has 2 nitrogen and oxygen atoms in total. The highest BCUT2D eigenvalue weighted by molar-refractivity contribution is 7.38. The van der Waals surface area contributed by atoms with Gasteiger partial charge in [-0.25, -0.2) is 0 Å². The monoisotopic (exact) mass is 401 g/mol. The number of hydrogen-bond donors (Lipinski definition) is 1. The standard InChI is InChI=1S/C24H49O2P/c1-3-5-7-9-10-11-12-13-14-15-16-17-19-21-23-24(27(25)26)22-20-18-8-6-4-2/h24H,3-23H2,1-2H3/p+1. The number of rotatable bonds is 22. The maximum Gasteiger partial charge on any atom is 0.508 e. The van der Waals surface area contributed by atoms with Crippen LogP contribution in [0.1, 0.15) is 149 Å². The van der Waals surface area contributed by atoms with E-state index in [1.807, 2.05) is 0 Å². The van der Waals surface area contributed by atoms with E-state index in [0.29, 0.717) is 0 Å². The smallest absolute Gasteiger partial charge is 0.161 e. The summed E-state index contributed by atoms with van der Waals surface area (Å²) in [7, 11) is -1.98. The van der Waals surface area contributed by atoms with Crippen molar-refractivity contribution in [3.05, 3.63) is 0 Å². The summed E-state index contributed by atoms with van der Waals surface area (Å²) < 4.78 is 11.5. The minimum atomic E-state index is -1.98. The summed E-state index contributed by atoms with van der Waals surface area (Å²) in [5.74, 6) is 0. The molecule has 0 aromatic rings. The molecule has 0 aromatic heterocycles. The van der Waals surface area contributed by atoms with Crippen molar-refractivity contribution in [1.29, 1.82) is 0 Å². The van der Waals surface area contributed by atoms with E-state index in [4.69, 9.17) is 0 Å². The maximum absolute atomic E-state index is 11.5. The van der Waals surface area contributed by atoms with E-state index in [0.717, 1.165) is 25.7 Å². The fourth-order valence-corrected chi connectivity index (χ4v) is 4.73. The minimum Gasteiger partial charge on any atom is -0.161 e. The molecule has 0 saturated heterocycles. The van der Waals surface area contributed by atoms with Gasteiger partial charge in [0.05, 0.1) is 0 Å². The Morgan fingerprint density at radius 3 is 1.04 bits per heavy atom. The molecule has 2 unspecified atom stereocenters. The Balaban J connectivity index is 3.36. The van der Waals surface area contributed by atoms with Gasteiger partial charge in [0, 0.05) is 0 Å². The third kappa shape index (κ3) is 20.6. The summed E-state index contributed by atoms with van der Waals surface area (Å²) in [4.78, 5) is 9.53. The molecule has 0 bridgehead atoms. The van der Waals surface area contributed by atoms with Crippen LogP contribution >= 0.6 is 8.03 Å². The lowest BCUT2D eigenvalue weighted by atomic mass is 10.0. The van der Waals surface area contributed by atoms with Crippen molar-refractivity contribution in [3.8, 4) is 0 Å². The van der Waals surface area contributed by atoms with E-state index in [1.54, 1.807) is 0 Å². The second-order valence-electron chi connectivity index (χ2n) is 8.54. The van der Waals surface area contributed by atoms with Crippen LogP contribution < -0.4 is 0 Å². The molecule has 0 aliphatic rings. The molecule has 0 spiro atoms. The Labute approximate surface area is 172 Å². The molecule has 0 amide bonds. The van der Waals surface area contributed by atoms with Crippen molar-refractivity contribution in [2.24, 2.45) is 0 Å². The van der Waals surface area contributed by atoms with Crippen LogP contribution in [0.25, 0.3) is 0 Å². The SMILES string of the molecule is CCCCCCCCCCCCCCCCC(CCCCCCC)[P+](=O)O. The van der Waals surface area contributed by atoms with Crippen molar-refractivity contribution in [3.63, 3.8) is 0 Å². The Morgan fingerprint density at radius 2 is 0.778 bits per heavy atom. The molecule has 162 valence electrons. The molecule has 0 radical (unpaired) electrons. The summed E-state index contributed by atoms with van der Waals surface area (Å²) in [5.41, 5.74) is 0.0546. The Morgan fingerprint density at radius 1 is 0.519 bits per heavy atom. The third-order valence-corrected chi connectivity index (χ3v) is 6.99. The first-order chi connectivity index (χ1) is 13.2. The highest BCUT2D eigenvalue weighted by Gasteiger charge is 2.27. The van der Waals surface area contributed by atoms with Crippen molar-refractivity contribution in [2.45, 2.75) is 154 Å². The van der Waals surface area contributed by atoms with Crippen LogP contribution in [-0.2, 0) is 4.57 Å². The van der Waals surface area contributed by atoms with Gasteiger partial charge in [-0.3, -0.25) is 0 Å². The fourth-order valence-electron chi connectivity index (χ4n) is 3.92. The number of unbranched alkanes of at least 4 members (excludes halogenated alkanes) is 17. The van der Waals surface area contributed by atoms with Crippen LogP contribution in [0.5, 0.6) is 0 Å². The average molecular weight is 402 g/mol. The molecule has 0 saturated carbocycles. The van der Waals surface area contributed by atoms with Gasteiger partial charge in [-0.15, -0.1) is 0 Å². The van der Waals surface area contributed by atoms with Gasteiger partial charge in [-0.1, -0.05) is 123 Å². The highest BCUT2D eigenvalue weighted by Crippen LogP contribution is 2.31. The third-order valence-electron chi connectivity index (χ3n) is 5.84. The predicted octanol–water partition coefficient (Wildman–Crippen LogP) is 9.32. The Kier molecular flexibility index (Phi) is 22.4. The molecule has 0 rings (SSSR count). The van der Waals surface area contributed by atoms with Gasteiger partial charge in [-0.05, 0) is 30.2 Å². The van der Waals surface area contributed by atoms with Crippen molar-refractivity contribution >= 4 is 8.03 Å². The molecule has 27 heavy (non-hydrogen) atoms. The fraction of sp³-hybridized carbons (Fsp3) is 1.00.